The Morgan fingerprint density at radius 1 is 0.708 bits per heavy atom. The highest BCUT2D eigenvalue weighted by atomic mass is 14.3. The van der Waals surface area contributed by atoms with Crippen LogP contribution < -0.4 is 0 Å². The lowest BCUT2D eigenvalue weighted by molar-refractivity contribution is 0.151. The molecule has 0 spiro atoms. The molecule has 0 nitrogen and oxygen atoms in total. The van der Waals surface area contributed by atoms with Crippen LogP contribution in [0, 0.1) is 35.5 Å². The van der Waals surface area contributed by atoms with Crippen LogP contribution in [0.15, 0.2) is 24.8 Å². The van der Waals surface area contributed by atoms with E-state index >= 15 is 0 Å². The smallest absolute Gasteiger partial charge is 0.0233 e. The van der Waals surface area contributed by atoms with Crippen LogP contribution >= 0.6 is 0 Å². The van der Waals surface area contributed by atoms with Gasteiger partial charge in [-0.3, -0.25) is 0 Å². The summed E-state index contributed by atoms with van der Waals surface area (Å²) in [6.45, 7) is 6.41. The van der Waals surface area contributed by atoms with E-state index < -0.39 is 0 Å². The van der Waals surface area contributed by atoms with E-state index in [1.807, 2.05) is 0 Å². The normalized spacial score (nSPS) is 41.4. The van der Waals surface area contributed by atoms with Crippen molar-refractivity contribution in [1.82, 2.24) is 0 Å². The molecule has 3 aliphatic carbocycles. The van der Waals surface area contributed by atoms with Crippen molar-refractivity contribution in [2.24, 2.45) is 35.5 Å². The summed E-state index contributed by atoms with van der Waals surface area (Å²) in [7, 11) is 0. The van der Waals surface area contributed by atoms with Crippen molar-refractivity contribution >= 4 is 0 Å². The van der Waals surface area contributed by atoms with Crippen molar-refractivity contribution in [2.75, 3.05) is 0 Å². The average Bonchev–Trinajstić information content (AvgIpc) is 2.64. The lowest BCUT2D eigenvalue weighted by Gasteiger charge is -2.37. The highest BCUT2D eigenvalue weighted by molar-refractivity contribution is 4.95. The lowest BCUT2D eigenvalue weighted by Crippen LogP contribution is -2.25. The first-order valence-electron chi connectivity index (χ1n) is 11.0. The maximum absolute atomic E-state index is 3.96. The van der Waals surface area contributed by atoms with E-state index in [1.165, 1.54) is 83.5 Å². The van der Waals surface area contributed by atoms with Crippen LogP contribution in [-0.2, 0) is 0 Å². The molecule has 0 amide bonds. The molecule has 3 fully saturated rings. The van der Waals surface area contributed by atoms with Crippen molar-refractivity contribution in [3.05, 3.63) is 24.8 Å². The summed E-state index contributed by atoms with van der Waals surface area (Å²) in [6, 6.07) is 0. The fourth-order valence-corrected chi connectivity index (χ4v) is 5.69. The van der Waals surface area contributed by atoms with Crippen molar-refractivity contribution < 1.29 is 0 Å². The minimum atomic E-state index is 0.799. The molecule has 24 heavy (non-hydrogen) atoms. The molecule has 0 radical (unpaired) electrons. The summed E-state index contributed by atoms with van der Waals surface area (Å²) in [6.07, 6.45) is 26.3. The van der Waals surface area contributed by atoms with E-state index in [2.05, 4.69) is 31.7 Å². The first-order valence-corrected chi connectivity index (χ1v) is 11.0. The summed E-state index contributed by atoms with van der Waals surface area (Å²) in [5, 5.41) is 0. The van der Waals surface area contributed by atoms with Gasteiger partial charge in [0.2, 0.25) is 0 Å². The second kappa shape index (κ2) is 9.25. The largest absolute Gasteiger partial charge is 0.103 e. The van der Waals surface area contributed by atoms with E-state index in [-0.39, 0.29) is 0 Å². The zero-order valence-electron chi connectivity index (χ0n) is 16.1. The first kappa shape index (κ1) is 18.3. The third-order valence-electron chi connectivity index (χ3n) is 7.65. The van der Waals surface area contributed by atoms with Gasteiger partial charge in [-0.2, -0.15) is 0 Å². The van der Waals surface area contributed by atoms with Crippen molar-refractivity contribution in [2.45, 2.75) is 90.4 Å². The van der Waals surface area contributed by atoms with Crippen LogP contribution in [0.5, 0.6) is 0 Å². The number of rotatable bonds is 5. The van der Waals surface area contributed by atoms with Crippen molar-refractivity contribution in [1.29, 1.82) is 0 Å². The van der Waals surface area contributed by atoms with Gasteiger partial charge in [-0.15, -0.1) is 6.58 Å². The Hall–Kier alpha value is -0.520. The van der Waals surface area contributed by atoms with Gasteiger partial charge in [0.1, 0.15) is 0 Å². The zero-order chi connectivity index (χ0) is 16.8. The maximum Gasteiger partial charge on any atom is -0.0233 e. The molecule has 0 heterocycles. The van der Waals surface area contributed by atoms with Gasteiger partial charge in [-0.25, -0.2) is 0 Å². The molecule has 3 rings (SSSR count). The molecule has 0 aromatic rings. The van der Waals surface area contributed by atoms with Crippen LogP contribution in [0.25, 0.3) is 0 Å². The molecule has 0 aliphatic heterocycles. The van der Waals surface area contributed by atoms with Crippen molar-refractivity contribution in [3.8, 4) is 0 Å². The molecular weight excluding hydrogens is 288 g/mol. The van der Waals surface area contributed by atoms with Gasteiger partial charge in [0.25, 0.3) is 0 Å². The molecule has 0 bridgehead atoms. The molecule has 0 aromatic carbocycles. The van der Waals surface area contributed by atoms with Gasteiger partial charge in [-0.05, 0) is 106 Å². The molecule has 0 N–H and O–H groups in total. The summed E-state index contributed by atoms with van der Waals surface area (Å²) in [5.41, 5.74) is 0. The Morgan fingerprint density at radius 2 is 1.25 bits per heavy atom. The molecular formula is C24H40. The molecule has 136 valence electrons. The monoisotopic (exact) mass is 328 g/mol. The molecule has 0 unspecified atom stereocenters. The molecule has 0 atom stereocenters. The number of allylic oxidation sites excluding steroid dienone is 3. The van der Waals surface area contributed by atoms with E-state index in [4.69, 9.17) is 0 Å². The second-order valence-electron chi connectivity index (χ2n) is 9.38. The van der Waals surface area contributed by atoms with Crippen LogP contribution in [0.3, 0.4) is 0 Å². The maximum atomic E-state index is 3.96. The molecule has 0 saturated heterocycles. The molecule has 0 heteroatoms. The fourth-order valence-electron chi connectivity index (χ4n) is 5.69. The van der Waals surface area contributed by atoms with Gasteiger partial charge in [0.05, 0.1) is 0 Å². The Kier molecular flexibility index (Phi) is 7.05. The average molecular weight is 329 g/mol. The first-order chi connectivity index (χ1) is 11.7. The summed E-state index contributed by atoms with van der Waals surface area (Å²) < 4.78 is 0. The molecule has 3 saturated carbocycles. The molecule has 0 aromatic heterocycles. The number of hydrogen-bond acceptors (Lipinski definition) is 0. The Labute approximate surface area is 151 Å². The quantitative estimate of drug-likeness (QED) is 0.457. The van der Waals surface area contributed by atoms with Crippen LogP contribution in [0.1, 0.15) is 90.4 Å². The predicted octanol–water partition coefficient (Wildman–Crippen LogP) is 7.56. The van der Waals surface area contributed by atoms with Gasteiger partial charge in [0, 0.05) is 0 Å². The van der Waals surface area contributed by atoms with E-state index in [0.717, 1.165) is 35.5 Å². The highest BCUT2D eigenvalue weighted by Crippen LogP contribution is 2.42. The summed E-state index contributed by atoms with van der Waals surface area (Å²) >= 11 is 0. The third kappa shape index (κ3) is 5.24. The van der Waals surface area contributed by atoms with Gasteiger partial charge < -0.3 is 0 Å². The fraction of sp³-hybridized carbons (Fsp3) is 0.833. The molecule has 3 aliphatic rings. The van der Waals surface area contributed by atoms with Crippen LogP contribution in [0.2, 0.25) is 0 Å². The lowest BCUT2D eigenvalue weighted by atomic mass is 9.69. The van der Waals surface area contributed by atoms with Crippen LogP contribution in [0.4, 0.5) is 0 Å². The predicted molar refractivity (Wildman–Crippen MR) is 106 cm³/mol. The number of hydrogen-bond donors (Lipinski definition) is 0. The minimum absolute atomic E-state index is 0.799. The van der Waals surface area contributed by atoms with Gasteiger partial charge in [-0.1, -0.05) is 38.0 Å². The summed E-state index contributed by atoms with van der Waals surface area (Å²) in [5.74, 6) is 5.81. The van der Waals surface area contributed by atoms with Crippen LogP contribution in [-0.4, -0.2) is 0 Å². The second-order valence-corrected chi connectivity index (χ2v) is 9.38. The zero-order valence-corrected chi connectivity index (χ0v) is 16.1. The van der Waals surface area contributed by atoms with Gasteiger partial charge in [0.15, 0.2) is 0 Å². The third-order valence-corrected chi connectivity index (χ3v) is 7.65. The Morgan fingerprint density at radius 3 is 1.83 bits per heavy atom. The summed E-state index contributed by atoms with van der Waals surface area (Å²) in [4.78, 5) is 0. The minimum Gasteiger partial charge on any atom is -0.103 e. The standard InChI is InChI=1S/C24H40/c1-3-20-9-11-21(12-10-20)5-4-6-22-13-17-24(18-14-22)23-15-7-19(2)8-16-23/h3-5,19-24H,1,6-18H2,2H3/b5-4+. The SMILES string of the molecule is C=CC1CCC(/C=C/CC2CCC(C3CCC(C)CC3)CC2)CC1. The highest BCUT2D eigenvalue weighted by Gasteiger charge is 2.29. The van der Waals surface area contributed by atoms with E-state index in [1.54, 1.807) is 0 Å². The van der Waals surface area contributed by atoms with Crippen molar-refractivity contribution in [3.63, 3.8) is 0 Å². The van der Waals surface area contributed by atoms with E-state index in [0.29, 0.717) is 0 Å². The Bertz CT molecular complexity index is 382. The van der Waals surface area contributed by atoms with Gasteiger partial charge >= 0.3 is 0 Å². The topological polar surface area (TPSA) is 0 Å². The van der Waals surface area contributed by atoms with E-state index in [9.17, 15) is 0 Å². The Balaban J connectivity index is 1.32.